The van der Waals surface area contributed by atoms with E-state index in [1.165, 1.54) is 16.7 Å². The van der Waals surface area contributed by atoms with E-state index in [1.54, 1.807) is 31.2 Å². The van der Waals surface area contributed by atoms with E-state index >= 15 is 0 Å². The van der Waals surface area contributed by atoms with Crippen molar-refractivity contribution in [3.63, 3.8) is 0 Å². The van der Waals surface area contributed by atoms with Crippen molar-refractivity contribution < 1.29 is 9.59 Å². The van der Waals surface area contributed by atoms with E-state index in [1.807, 2.05) is 30.3 Å². The molecule has 24 heavy (non-hydrogen) atoms. The van der Waals surface area contributed by atoms with Crippen LogP contribution in [0.15, 0.2) is 59.5 Å². The van der Waals surface area contributed by atoms with E-state index in [0.717, 1.165) is 11.1 Å². The third-order valence-corrected chi connectivity index (χ3v) is 5.20. The van der Waals surface area contributed by atoms with Crippen LogP contribution in [0.25, 0.3) is 5.57 Å². The normalized spacial score (nSPS) is 14.7. The fourth-order valence-electron chi connectivity index (χ4n) is 2.58. The van der Waals surface area contributed by atoms with Gasteiger partial charge in [0.25, 0.3) is 11.8 Å². The first-order chi connectivity index (χ1) is 11.6. The summed E-state index contributed by atoms with van der Waals surface area (Å²) in [5.41, 5.74) is 2.31. The number of thioether (sulfide) groups is 1. The summed E-state index contributed by atoms with van der Waals surface area (Å²) in [6.07, 6.45) is 0. The van der Waals surface area contributed by atoms with Crippen LogP contribution >= 0.6 is 23.4 Å². The van der Waals surface area contributed by atoms with Crippen LogP contribution in [0.2, 0.25) is 5.02 Å². The lowest BCUT2D eigenvalue weighted by atomic mass is 10.1. The van der Waals surface area contributed by atoms with Crippen molar-refractivity contribution in [1.82, 2.24) is 4.90 Å². The van der Waals surface area contributed by atoms with Gasteiger partial charge in [0.15, 0.2) is 0 Å². The molecular weight excluding hydrogens is 342 g/mol. The number of carbonyl (C=O) groups excluding carboxylic acids is 2. The van der Waals surface area contributed by atoms with Crippen LogP contribution in [-0.2, 0) is 15.3 Å². The molecule has 0 radical (unpaired) electrons. The Morgan fingerprint density at radius 3 is 2.25 bits per heavy atom. The van der Waals surface area contributed by atoms with Crippen molar-refractivity contribution in [1.29, 1.82) is 0 Å². The Bertz CT molecular complexity index is 800. The second-order valence-corrected chi connectivity index (χ2v) is 6.76. The lowest BCUT2D eigenvalue weighted by Crippen LogP contribution is -2.31. The van der Waals surface area contributed by atoms with Crippen LogP contribution in [0, 0.1) is 0 Å². The number of hydrogen-bond acceptors (Lipinski definition) is 3. The molecule has 2 amide bonds. The Kier molecular flexibility index (Phi) is 5.07. The first-order valence-corrected chi connectivity index (χ1v) is 9.01. The molecule has 2 aromatic rings. The Morgan fingerprint density at radius 1 is 0.958 bits per heavy atom. The van der Waals surface area contributed by atoms with Crippen molar-refractivity contribution in [2.75, 3.05) is 6.54 Å². The predicted octanol–water partition coefficient (Wildman–Crippen LogP) is 4.37. The van der Waals surface area contributed by atoms with E-state index in [0.29, 0.717) is 27.8 Å². The minimum absolute atomic E-state index is 0.214. The first kappa shape index (κ1) is 16.8. The van der Waals surface area contributed by atoms with Crippen LogP contribution in [0.4, 0.5) is 0 Å². The van der Waals surface area contributed by atoms with Gasteiger partial charge >= 0.3 is 0 Å². The Morgan fingerprint density at radius 2 is 1.62 bits per heavy atom. The van der Waals surface area contributed by atoms with Gasteiger partial charge in [0, 0.05) is 17.3 Å². The highest BCUT2D eigenvalue weighted by molar-refractivity contribution is 8.03. The first-order valence-electron chi connectivity index (χ1n) is 7.65. The number of rotatable bonds is 5. The van der Waals surface area contributed by atoms with Gasteiger partial charge in [-0.2, -0.15) is 0 Å². The molecule has 0 bridgehead atoms. The average molecular weight is 358 g/mol. The number of halogens is 1. The maximum absolute atomic E-state index is 12.7. The van der Waals surface area contributed by atoms with Gasteiger partial charge in [-0.05, 0) is 30.2 Å². The average Bonchev–Trinajstić information content (AvgIpc) is 2.84. The molecule has 0 unspecified atom stereocenters. The van der Waals surface area contributed by atoms with Gasteiger partial charge < -0.3 is 0 Å². The van der Waals surface area contributed by atoms with E-state index < -0.39 is 0 Å². The molecule has 122 valence electrons. The lowest BCUT2D eigenvalue weighted by Gasteiger charge is -2.11. The molecule has 2 aromatic carbocycles. The molecule has 0 N–H and O–H groups in total. The van der Waals surface area contributed by atoms with E-state index in [-0.39, 0.29) is 11.8 Å². The van der Waals surface area contributed by atoms with Crippen molar-refractivity contribution in [2.24, 2.45) is 0 Å². The zero-order valence-corrected chi connectivity index (χ0v) is 14.7. The fourth-order valence-corrected chi connectivity index (χ4v) is 3.79. The van der Waals surface area contributed by atoms with Crippen LogP contribution in [0.5, 0.6) is 0 Å². The summed E-state index contributed by atoms with van der Waals surface area (Å²) >= 11 is 7.34. The van der Waals surface area contributed by atoms with Gasteiger partial charge in [-0.25, -0.2) is 0 Å². The summed E-state index contributed by atoms with van der Waals surface area (Å²) in [7, 11) is 0. The minimum Gasteiger partial charge on any atom is -0.274 e. The maximum atomic E-state index is 12.7. The zero-order chi connectivity index (χ0) is 17.1. The smallest absolute Gasteiger partial charge is 0.267 e. The summed E-state index contributed by atoms with van der Waals surface area (Å²) in [5.74, 6) is 0.192. The minimum atomic E-state index is -0.236. The number of nitrogens with zero attached hydrogens (tertiary/aromatic N) is 1. The van der Waals surface area contributed by atoms with Crippen molar-refractivity contribution in [3.8, 4) is 0 Å². The third kappa shape index (κ3) is 3.25. The quantitative estimate of drug-likeness (QED) is 0.745. The molecule has 1 heterocycles. The molecule has 1 aliphatic heterocycles. The lowest BCUT2D eigenvalue weighted by molar-refractivity contribution is -0.136. The molecule has 0 spiro atoms. The van der Waals surface area contributed by atoms with Crippen molar-refractivity contribution >= 4 is 40.8 Å². The Balaban J connectivity index is 1.96. The van der Waals surface area contributed by atoms with Gasteiger partial charge in [-0.15, -0.1) is 11.8 Å². The molecular formula is C19H16ClNO2S. The van der Waals surface area contributed by atoms with E-state index in [9.17, 15) is 9.59 Å². The zero-order valence-electron chi connectivity index (χ0n) is 13.2. The summed E-state index contributed by atoms with van der Waals surface area (Å²) in [4.78, 5) is 27.1. The molecule has 1 aliphatic rings. The summed E-state index contributed by atoms with van der Waals surface area (Å²) in [5, 5.41) is 0.599. The molecule has 0 saturated heterocycles. The van der Waals surface area contributed by atoms with Crippen LogP contribution in [0.1, 0.15) is 18.1 Å². The number of likely N-dealkylation sites (N-methyl/N-ethyl adjacent to an activating group) is 1. The number of amides is 2. The number of benzene rings is 2. The number of carbonyl (C=O) groups is 2. The topological polar surface area (TPSA) is 37.4 Å². The molecule has 0 saturated carbocycles. The highest BCUT2D eigenvalue weighted by atomic mass is 35.5. The second kappa shape index (κ2) is 7.24. The van der Waals surface area contributed by atoms with Crippen molar-refractivity contribution in [3.05, 3.63) is 75.7 Å². The SMILES string of the molecule is CCN1C(=O)C(SCc2ccccc2)=C(c2ccc(Cl)cc2)C1=O. The van der Waals surface area contributed by atoms with Crippen molar-refractivity contribution in [2.45, 2.75) is 12.7 Å². The maximum Gasteiger partial charge on any atom is 0.267 e. The molecule has 3 rings (SSSR count). The number of hydrogen-bond donors (Lipinski definition) is 0. The summed E-state index contributed by atoms with van der Waals surface area (Å²) in [6, 6.07) is 16.9. The molecule has 0 atom stereocenters. The van der Waals surface area contributed by atoms with E-state index in [4.69, 9.17) is 11.6 Å². The fraction of sp³-hybridized carbons (Fsp3) is 0.158. The largest absolute Gasteiger partial charge is 0.274 e. The summed E-state index contributed by atoms with van der Waals surface area (Å²) in [6.45, 7) is 2.17. The van der Waals surface area contributed by atoms with E-state index in [2.05, 4.69) is 0 Å². The van der Waals surface area contributed by atoms with Gasteiger partial charge in [0.2, 0.25) is 0 Å². The predicted molar refractivity (Wildman–Crippen MR) is 98.5 cm³/mol. The molecule has 5 heteroatoms. The molecule has 0 fully saturated rings. The third-order valence-electron chi connectivity index (χ3n) is 3.80. The van der Waals surface area contributed by atoms with Gasteiger partial charge in [-0.3, -0.25) is 14.5 Å². The standard InChI is InChI=1S/C19H16ClNO2S/c1-2-21-18(22)16(14-8-10-15(20)11-9-14)17(19(21)23)24-12-13-6-4-3-5-7-13/h3-11H,2,12H2,1H3. The van der Waals surface area contributed by atoms with Crippen LogP contribution < -0.4 is 0 Å². The van der Waals surface area contributed by atoms with Gasteiger partial charge in [-0.1, -0.05) is 54.1 Å². The molecule has 0 aliphatic carbocycles. The summed E-state index contributed by atoms with van der Waals surface area (Å²) < 4.78 is 0. The Labute approximate surface area is 150 Å². The number of imide groups is 1. The van der Waals surface area contributed by atoms with Crippen LogP contribution in [0.3, 0.4) is 0 Å². The highest BCUT2D eigenvalue weighted by Gasteiger charge is 2.38. The monoisotopic (exact) mass is 357 g/mol. The van der Waals surface area contributed by atoms with Gasteiger partial charge in [0.1, 0.15) is 0 Å². The molecule has 0 aromatic heterocycles. The second-order valence-electron chi connectivity index (χ2n) is 5.34. The Hall–Kier alpha value is -2.04. The van der Waals surface area contributed by atoms with Crippen LogP contribution in [-0.4, -0.2) is 23.3 Å². The molecule has 3 nitrogen and oxygen atoms in total. The highest BCUT2D eigenvalue weighted by Crippen LogP contribution is 2.37. The van der Waals surface area contributed by atoms with Gasteiger partial charge in [0.05, 0.1) is 10.5 Å².